The maximum Gasteiger partial charge on any atom is 0.315 e. The summed E-state index contributed by atoms with van der Waals surface area (Å²) in [7, 11) is 1.42. The number of carbonyl (C=O) groups is 2. The van der Waals surface area contributed by atoms with E-state index >= 15 is 0 Å². The molecule has 2 rings (SSSR count). The molecule has 6 heteroatoms. The van der Waals surface area contributed by atoms with Crippen LogP contribution in [-0.2, 0) is 9.53 Å². The summed E-state index contributed by atoms with van der Waals surface area (Å²) in [6, 6.07) is 0.517. The third kappa shape index (κ3) is 3.06. The minimum atomic E-state index is -0.141. The van der Waals surface area contributed by atoms with Gasteiger partial charge in [0.05, 0.1) is 19.2 Å². The molecule has 2 aliphatic rings. The van der Waals surface area contributed by atoms with Crippen molar-refractivity contribution in [2.75, 3.05) is 12.9 Å². The summed E-state index contributed by atoms with van der Waals surface area (Å²) < 4.78 is 4.59. The highest BCUT2D eigenvalue weighted by atomic mass is 32.2. The van der Waals surface area contributed by atoms with Gasteiger partial charge in [-0.25, -0.2) is 4.79 Å². The maximum atomic E-state index is 11.2. The molecule has 0 saturated carbocycles. The van der Waals surface area contributed by atoms with Crippen LogP contribution in [0.4, 0.5) is 4.79 Å². The van der Waals surface area contributed by atoms with Crippen molar-refractivity contribution in [1.29, 1.82) is 0 Å². The second-order valence-corrected chi connectivity index (χ2v) is 5.72. The smallest absolute Gasteiger partial charge is 0.315 e. The van der Waals surface area contributed by atoms with Crippen LogP contribution in [-0.4, -0.2) is 42.2 Å². The number of thioether (sulfide) groups is 1. The Bertz CT molecular complexity index is 311. The fourth-order valence-electron chi connectivity index (χ4n) is 2.36. The predicted molar refractivity (Wildman–Crippen MR) is 66.0 cm³/mol. The SMILES string of the molecule is COC(=O)CCCC[C@@H]1SC[C@@H]2NC(=O)NC21. The molecule has 0 spiro atoms. The lowest BCUT2D eigenvalue weighted by Crippen LogP contribution is -2.36. The molecule has 0 aromatic carbocycles. The zero-order valence-electron chi connectivity index (χ0n) is 9.90. The number of esters is 1. The van der Waals surface area contributed by atoms with E-state index in [1.54, 1.807) is 0 Å². The number of carbonyl (C=O) groups excluding carboxylic acids is 2. The molecule has 0 aromatic rings. The lowest BCUT2D eigenvalue weighted by molar-refractivity contribution is -0.140. The number of amides is 2. The number of fused-ring (bicyclic) bond motifs is 1. The molecule has 2 aliphatic heterocycles. The Labute approximate surface area is 105 Å². The first-order valence-corrected chi connectivity index (χ1v) is 7.01. The van der Waals surface area contributed by atoms with Gasteiger partial charge in [-0.05, 0) is 12.8 Å². The van der Waals surface area contributed by atoms with Gasteiger partial charge in [0.25, 0.3) is 0 Å². The standard InChI is InChI=1S/C11H18N2O3S/c1-16-9(14)5-3-2-4-8-10-7(6-17-8)12-11(15)13-10/h7-8,10H,2-6H2,1H3,(H2,12,13,15)/t7-,8-,10?/m0/s1. The van der Waals surface area contributed by atoms with Crippen molar-refractivity contribution in [2.45, 2.75) is 43.0 Å². The molecular formula is C11H18N2O3S. The van der Waals surface area contributed by atoms with Crippen LogP contribution < -0.4 is 10.6 Å². The number of urea groups is 1. The normalized spacial score (nSPS) is 30.6. The molecule has 5 nitrogen and oxygen atoms in total. The molecule has 0 bridgehead atoms. The monoisotopic (exact) mass is 258 g/mol. The van der Waals surface area contributed by atoms with Crippen molar-refractivity contribution in [2.24, 2.45) is 0 Å². The molecule has 2 amide bonds. The summed E-state index contributed by atoms with van der Waals surface area (Å²) in [4.78, 5) is 22.1. The van der Waals surface area contributed by atoms with Gasteiger partial charge < -0.3 is 15.4 Å². The van der Waals surface area contributed by atoms with E-state index in [0.29, 0.717) is 11.7 Å². The molecule has 2 heterocycles. The average Bonchev–Trinajstić information content (AvgIpc) is 2.84. The van der Waals surface area contributed by atoms with Crippen LogP contribution in [0, 0.1) is 0 Å². The molecular weight excluding hydrogens is 240 g/mol. The van der Waals surface area contributed by atoms with E-state index in [2.05, 4.69) is 15.4 Å². The third-order valence-corrected chi connectivity index (χ3v) is 4.79. The van der Waals surface area contributed by atoms with Crippen LogP contribution >= 0.6 is 11.8 Å². The average molecular weight is 258 g/mol. The first kappa shape index (κ1) is 12.5. The molecule has 2 fully saturated rings. The lowest BCUT2D eigenvalue weighted by Gasteiger charge is -2.16. The van der Waals surface area contributed by atoms with Gasteiger partial charge in [0.15, 0.2) is 0 Å². The molecule has 2 saturated heterocycles. The van der Waals surface area contributed by atoms with Crippen molar-refractivity contribution in [1.82, 2.24) is 10.6 Å². The Balaban J connectivity index is 1.66. The lowest BCUT2D eigenvalue weighted by atomic mass is 10.0. The summed E-state index contributed by atoms with van der Waals surface area (Å²) >= 11 is 1.91. The van der Waals surface area contributed by atoms with Crippen LogP contribution in [0.15, 0.2) is 0 Å². The molecule has 1 unspecified atom stereocenters. The fraction of sp³-hybridized carbons (Fsp3) is 0.818. The summed E-state index contributed by atoms with van der Waals surface area (Å²) in [6.07, 6.45) is 3.41. The van der Waals surface area contributed by atoms with Gasteiger partial charge in [-0.1, -0.05) is 6.42 Å². The molecule has 17 heavy (non-hydrogen) atoms. The van der Waals surface area contributed by atoms with E-state index in [9.17, 15) is 9.59 Å². The largest absolute Gasteiger partial charge is 0.469 e. The minimum Gasteiger partial charge on any atom is -0.469 e. The van der Waals surface area contributed by atoms with Gasteiger partial charge in [0, 0.05) is 17.4 Å². The number of nitrogens with one attached hydrogen (secondary N) is 2. The molecule has 2 N–H and O–H groups in total. The molecule has 0 aromatic heterocycles. The number of unbranched alkanes of at least 4 members (excludes halogenated alkanes) is 1. The first-order chi connectivity index (χ1) is 8.20. The first-order valence-electron chi connectivity index (χ1n) is 5.96. The Hall–Kier alpha value is -0.910. The van der Waals surface area contributed by atoms with Gasteiger partial charge in [-0.15, -0.1) is 0 Å². The van der Waals surface area contributed by atoms with E-state index in [0.717, 1.165) is 25.0 Å². The van der Waals surface area contributed by atoms with Crippen LogP contribution in [0.25, 0.3) is 0 Å². The third-order valence-electron chi connectivity index (χ3n) is 3.29. The summed E-state index contributed by atoms with van der Waals surface area (Å²) in [6.45, 7) is 0. The Morgan fingerprint density at radius 1 is 1.47 bits per heavy atom. The molecule has 3 atom stereocenters. The quantitative estimate of drug-likeness (QED) is 0.436. The second kappa shape index (κ2) is 5.62. The summed E-state index contributed by atoms with van der Waals surface area (Å²) in [5.74, 6) is 0.850. The summed E-state index contributed by atoms with van der Waals surface area (Å²) in [5, 5.41) is 6.37. The fourth-order valence-corrected chi connectivity index (χ4v) is 3.90. The van der Waals surface area contributed by atoms with Gasteiger partial charge in [-0.3, -0.25) is 4.79 Å². The number of methoxy groups -OCH3 is 1. The van der Waals surface area contributed by atoms with E-state index in [1.165, 1.54) is 7.11 Å². The minimum absolute atomic E-state index is 0.0418. The van der Waals surface area contributed by atoms with Crippen LogP contribution in [0.2, 0.25) is 0 Å². The highest BCUT2D eigenvalue weighted by Gasteiger charge is 2.42. The summed E-state index contributed by atoms with van der Waals surface area (Å²) in [5.41, 5.74) is 0. The Morgan fingerprint density at radius 2 is 2.29 bits per heavy atom. The molecule has 0 radical (unpaired) electrons. The van der Waals surface area contributed by atoms with E-state index in [4.69, 9.17) is 0 Å². The van der Waals surface area contributed by atoms with Crippen LogP contribution in [0.5, 0.6) is 0 Å². The van der Waals surface area contributed by atoms with Crippen molar-refractivity contribution in [3.63, 3.8) is 0 Å². The zero-order chi connectivity index (χ0) is 12.3. The topological polar surface area (TPSA) is 67.4 Å². The van der Waals surface area contributed by atoms with Crippen molar-refractivity contribution in [3.8, 4) is 0 Å². The van der Waals surface area contributed by atoms with Crippen LogP contribution in [0.3, 0.4) is 0 Å². The van der Waals surface area contributed by atoms with Gasteiger partial charge in [0.1, 0.15) is 0 Å². The Morgan fingerprint density at radius 3 is 3.06 bits per heavy atom. The predicted octanol–water partition coefficient (Wildman–Crippen LogP) is 0.885. The van der Waals surface area contributed by atoms with Crippen LogP contribution in [0.1, 0.15) is 25.7 Å². The van der Waals surface area contributed by atoms with E-state index < -0.39 is 0 Å². The highest BCUT2D eigenvalue weighted by molar-refractivity contribution is 8.00. The number of rotatable bonds is 5. The molecule has 0 aliphatic carbocycles. The zero-order valence-corrected chi connectivity index (χ0v) is 10.7. The van der Waals surface area contributed by atoms with Crippen molar-refractivity contribution < 1.29 is 14.3 Å². The van der Waals surface area contributed by atoms with E-state index in [-0.39, 0.29) is 24.1 Å². The number of hydrogen-bond donors (Lipinski definition) is 2. The van der Waals surface area contributed by atoms with Gasteiger partial charge >= 0.3 is 12.0 Å². The van der Waals surface area contributed by atoms with Gasteiger partial charge in [0.2, 0.25) is 0 Å². The Kier molecular flexibility index (Phi) is 4.15. The number of hydrogen-bond acceptors (Lipinski definition) is 4. The molecule has 96 valence electrons. The highest BCUT2D eigenvalue weighted by Crippen LogP contribution is 2.33. The van der Waals surface area contributed by atoms with Gasteiger partial charge in [-0.2, -0.15) is 11.8 Å². The second-order valence-electron chi connectivity index (χ2n) is 4.44. The van der Waals surface area contributed by atoms with E-state index in [1.807, 2.05) is 11.8 Å². The van der Waals surface area contributed by atoms with Crippen molar-refractivity contribution >= 4 is 23.8 Å². The maximum absolute atomic E-state index is 11.2. The number of ether oxygens (including phenoxy) is 1. The van der Waals surface area contributed by atoms with Crippen molar-refractivity contribution in [3.05, 3.63) is 0 Å².